The van der Waals surface area contributed by atoms with Gasteiger partial charge in [-0.2, -0.15) is 0 Å². The van der Waals surface area contributed by atoms with Crippen molar-refractivity contribution in [1.82, 2.24) is 19.4 Å². The van der Waals surface area contributed by atoms with Crippen molar-refractivity contribution in [3.8, 4) is 0 Å². The molecule has 0 saturated carbocycles. The number of fused-ring (bicyclic) bond motifs is 2. The number of carbonyl (C=O) groups excluding carboxylic acids is 2. The average molecular weight is 447 g/mol. The first-order valence-electron chi connectivity index (χ1n) is 11.3. The minimum Gasteiger partial charge on any atom is -0.347 e. The molecule has 2 aromatic heterocycles. The van der Waals surface area contributed by atoms with E-state index in [0.717, 1.165) is 52.3 Å². The Morgan fingerprint density at radius 1 is 0.765 bits per heavy atom. The van der Waals surface area contributed by atoms with Gasteiger partial charge in [-0.25, -0.2) is 4.98 Å². The van der Waals surface area contributed by atoms with Crippen molar-refractivity contribution in [2.24, 2.45) is 0 Å². The van der Waals surface area contributed by atoms with Gasteiger partial charge in [0.25, 0.3) is 11.8 Å². The van der Waals surface area contributed by atoms with Crippen LogP contribution in [0.15, 0.2) is 91.6 Å². The molecule has 166 valence electrons. The SMILES string of the molecule is O=C1NC(=O)C(c2cn(CCCn3ccnc3)c3ccccc23)=C1c1cccc2ccccc12. The summed E-state index contributed by atoms with van der Waals surface area (Å²) in [7, 11) is 0. The second kappa shape index (κ2) is 8.15. The van der Waals surface area contributed by atoms with E-state index in [0.29, 0.717) is 11.1 Å². The van der Waals surface area contributed by atoms with E-state index in [-0.39, 0.29) is 11.8 Å². The molecule has 6 rings (SSSR count). The van der Waals surface area contributed by atoms with Gasteiger partial charge in [-0.1, -0.05) is 60.7 Å². The van der Waals surface area contributed by atoms with Gasteiger partial charge in [0.05, 0.1) is 17.5 Å². The Hall–Kier alpha value is -4.45. The quantitative estimate of drug-likeness (QED) is 0.386. The number of aryl methyl sites for hydroxylation is 2. The molecule has 2 amide bonds. The molecule has 0 radical (unpaired) electrons. The summed E-state index contributed by atoms with van der Waals surface area (Å²) in [6.07, 6.45) is 8.47. The Labute approximate surface area is 196 Å². The number of para-hydroxylation sites is 1. The summed E-state index contributed by atoms with van der Waals surface area (Å²) in [4.78, 5) is 30.3. The lowest BCUT2D eigenvalue weighted by Gasteiger charge is -2.08. The molecule has 1 aliphatic rings. The average Bonchev–Trinajstić information content (AvgIpc) is 3.57. The third-order valence-electron chi connectivity index (χ3n) is 6.42. The third-order valence-corrected chi connectivity index (χ3v) is 6.42. The van der Waals surface area contributed by atoms with Gasteiger partial charge < -0.3 is 9.13 Å². The van der Waals surface area contributed by atoms with Gasteiger partial charge >= 0.3 is 0 Å². The summed E-state index contributed by atoms with van der Waals surface area (Å²) in [5.41, 5.74) is 3.46. The minimum atomic E-state index is -0.353. The maximum Gasteiger partial charge on any atom is 0.259 e. The summed E-state index contributed by atoms with van der Waals surface area (Å²) >= 11 is 0. The highest BCUT2D eigenvalue weighted by Crippen LogP contribution is 2.38. The van der Waals surface area contributed by atoms with Crippen LogP contribution in [0.1, 0.15) is 17.5 Å². The number of hydrogen-bond acceptors (Lipinski definition) is 3. The standard InChI is InChI=1S/C28H22N4O2/c33-27-25(22-11-5-8-19-7-1-2-9-20(19)22)26(28(34)30-27)23-17-32(24-12-4-3-10-21(23)24)15-6-14-31-16-13-29-18-31/h1-5,7-13,16-18H,6,14-15H2,(H,30,33,34). The highest BCUT2D eigenvalue weighted by atomic mass is 16.2. The Balaban J connectivity index is 1.50. The predicted octanol–water partition coefficient (Wildman–Crippen LogP) is 4.65. The van der Waals surface area contributed by atoms with E-state index in [4.69, 9.17) is 0 Å². The number of imidazole rings is 1. The Morgan fingerprint density at radius 3 is 2.32 bits per heavy atom. The van der Waals surface area contributed by atoms with Crippen molar-refractivity contribution < 1.29 is 9.59 Å². The maximum atomic E-state index is 13.1. The van der Waals surface area contributed by atoms with Gasteiger partial charge in [-0.15, -0.1) is 0 Å². The van der Waals surface area contributed by atoms with Crippen molar-refractivity contribution in [1.29, 1.82) is 0 Å². The molecule has 0 saturated heterocycles. The first-order chi connectivity index (χ1) is 16.7. The van der Waals surface area contributed by atoms with E-state index in [1.165, 1.54) is 0 Å². The molecule has 1 aliphatic heterocycles. The molecule has 6 heteroatoms. The van der Waals surface area contributed by atoms with E-state index in [1.807, 2.05) is 79.4 Å². The molecule has 5 aromatic rings. The first kappa shape index (κ1) is 20.2. The number of benzene rings is 3. The zero-order chi connectivity index (χ0) is 23.1. The number of aromatic nitrogens is 3. The third kappa shape index (κ3) is 3.31. The first-order valence-corrected chi connectivity index (χ1v) is 11.3. The number of hydrogen-bond donors (Lipinski definition) is 1. The number of amides is 2. The van der Waals surface area contributed by atoms with Crippen molar-refractivity contribution in [3.63, 3.8) is 0 Å². The van der Waals surface area contributed by atoms with Crippen LogP contribution in [0.2, 0.25) is 0 Å². The molecule has 3 heterocycles. The summed E-state index contributed by atoms with van der Waals surface area (Å²) in [5.74, 6) is -0.706. The molecule has 0 atom stereocenters. The van der Waals surface area contributed by atoms with Crippen molar-refractivity contribution in [2.75, 3.05) is 0 Å². The normalized spacial score (nSPS) is 13.9. The van der Waals surface area contributed by atoms with Crippen molar-refractivity contribution in [3.05, 3.63) is 103 Å². The fourth-order valence-corrected chi connectivity index (χ4v) is 4.89. The molecule has 1 N–H and O–H groups in total. The molecule has 0 bridgehead atoms. The van der Waals surface area contributed by atoms with Crippen LogP contribution >= 0.6 is 0 Å². The van der Waals surface area contributed by atoms with E-state index in [2.05, 4.69) is 25.5 Å². The molecular weight excluding hydrogens is 424 g/mol. The van der Waals surface area contributed by atoms with Gasteiger partial charge in [0.1, 0.15) is 0 Å². The molecule has 0 aliphatic carbocycles. The van der Waals surface area contributed by atoms with Crippen LogP contribution in [0, 0.1) is 0 Å². The fraction of sp³-hybridized carbons (Fsp3) is 0.107. The molecule has 34 heavy (non-hydrogen) atoms. The van der Waals surface area contributed by atoms with Crippen LogP contribution in [0.3, 0.4) is 0 Å². The summed E-state index contributed by atoms with van der Waals surface area (Å²) in [6, 6.07) is 21.8. The molecule has 6 nitrogen and oxygen atoms in total. The predicted molar refractivity (Wildman–Crippen MR) is 133 cm³/mol. The largest absolute Gasteiger partial charge is 0.347 e. The van der Waals surface area contributed by atoms with Crippen LogP contribution in [-0.2, 0) is 22.7 Å². The van der Waals surface area contributed by atoms with Crippen LogP contribution in [-0.4, -0.2) is 25.9 Å². The van der Waals surface area contributed by atoms with Crippen LogP contribution in [0.25, 0.3) is 32.8 Å². The Morgan fingerprint density at radius 2 is 1.50 bits per heavy atom. The number of carbonyl (C=O) groups is 2. The van der Waals surface area contributed by atoms with E-state index in [1.54, 1.807) is 6.20 Å². The zero-order valence-electron chi connectivity index (χ0n) is 18.4. The summed E-state index contributed by atoms with van der Waals surface area (Å²) < 4.78 is 4.22. The van der Waals surface area contributed by atoms with Crippen LogP contribution in [0.4, 0.5) is 0 Å². The second-order valence-corrected chi connectivity index (χ2v) is 8.47. The maximum absolute atomic E-state index is 13.1. The topological polar surface area (TPSA) is 68.9 Å². The minimum absolute atomic E-state index is 0.353. The van der Waals surface area contributed by atoms with Crippen LogP contribution < -0.4 is 5.32 Å². The Kier molecular flexibility index (Phi) is 4.84. The van der Waals surface area contributed by atoms with Crippen molar-refractivity contribution >= 4 is 44.6 Å². The molecular formula is C28H22N4O2. The second-order valence-electron chi connectivity index (χ2n) is 8.47. The number of nitrogens with zero attached hydrogens (tertiary/aromatic N) is 3. The smallest absolute Gasteiger partial charge is 0.259 e. The number of nitrogens with one attached hydrogen (secondary N) is 1. The van der Waals surface area contributed by atoms with Gasteiger partial charge in [0, 0.05) is 48.1 Å². The highest BCUT2D eigenvalue weighted by Gasteiger charge is 2.34. The zero-order valence-corrected chi connectivity index (χ0v) is 18.4. The monoisotopic (exact) mass is 446 g/mol. The van der Waals surface area contributed by atoms with Crippen molar-refractivity contribution in [2.45, 2.75) is 19.5 Å². The van der Waals surface area contributed by atoms with E-state index in [9.17, 15) is 9.59 Å². The van der Waals surface area contributed by atoms with Gasteiger partial charge in [0.15, 0.2) is 0 Å². The van der Waals surface area contributed by atoms with Gasteiger partial charge in [-0.05, 0) is 28.8 Å². The Bertz CT molecular complexity index is 1590. The van der Waals surface area contributed by atoms with Gasteiger partial charge in [0.2, 0.25) is 0 Å². The number of rotatable bonds is 6. The highest BCUT2D eigenvalue weighted by molar-refractivity contribution is 6.50. The molecule has 3 aromatic carbocycles. The van der Waals surface area contributed by atoms with E-state index >= 15 is 0 Å². The van der Waals surface area contributed by atoms with E-state index < -0.39 is 0 Å². The van der Waals surface area contributed by atoms with Gasteiger partial charge in [-0.3, -0.25) is 14.9 Å². The summed E-state index contributed by atoms with van der Waals surface area (Å²) in [6.45, 7) is 1.63. The lowest BCUT2D eigenvalue weighted by Crippen LogP contribution is -2.22. The number of imide groups is 1. The molecule has 0 unspecified atom stereocenters. The summed E-state index contributed by atoms with van der Waals surface area (Å²) in [5, 5.41) is 5.48. The lowest BCUT2D eigenvalue weighted by atomic mass is 9.92. The lowest BCUT2D eigenvalue weighted by molar-refractivity contribution is -0.122. The van der Waals surface area contributed by atoms with Crippen LogP contribution in [0.5, 0.6) is 0 Å². The fourth-order valence-electron chi connectivity index (χ4n) is 4.89. The molecule has 0 fully saturated rings. The molecule has 0 spiro atoms.